The van der Waals surface area contributed by atoms with E-state index >= 15 is 0 Å². The van der Waals surface area contributed by atoms with Gasteiger partial charge in [-0.05, 0) is 36.5 Å². The highest BCUT2D eigenvalue weighted by Crippen LogP contribution is 2.29. The lowest BCUT2D eigenvalue weighted by molar-refractivity contribution is 0.507. The molecule has 1 atom stereocenters. The van der Waals surface area contributed by atoms with Crippen molar-refractivity contribution in [3.8, 4) is 0 Å². The lowest BCUT2D eigenvalue weighted by Gasteiger charge is -2.23. The minimum Gasteiger partial charge on any atom is -0.341 e. The number of benzene rings is 1. The number of rotatable bonds is 3. The molecule has 0 spiro atoms. The van der Waals surface area contributed by atoms with E-state index in [2.05, 4.69) is 48.9 Å². The molecule has 1 aromatic heterocycles. The third-order valence-electron chi connectivity index (χ3n) is 3.60. The molecule has 2 aromatic rings. The normalized spacial score (nSPS) is 14.2. The van der Waals surface area contributed by atoms with Gasteiger partial charge in [-0.25, -0.2) is 4.98 Å². The summed E-state index contributed by atoms with van der Waals surface area (Å²) in [5.74, 6) is 0.853. The van der Waals surface area contributed by atoms with Gasteiger partial charge in [0.25, 0.3) is 0 Å². The van der Waals surface area contributed by atoms with E-state index in [0.717, 1.165) is 23.3 Å². The van der Waals surface area contributed by atoms with Crippen molar-refractivity contribution in [2.45, 2.75) is 45.6 Å². The first-order chi connectivity index (χ1) is 7.94. The molecule has 92 valence electrons. The summed E-state index contributed by atoms with van der Waals surface area (Å²) in [4.78, 5) is 7.80. The van der Waals surface area contributed by atoms with Gasteiger partial charge in [0.15, 0.2) is 0 Å². The number of nitrogens with two attached hydrogens (primary N) is 1. The summed E-state index contributed by atoms with van der Waals surface area (Å²) in [6.07, 6.45) is 1.11. The maximum atomic E-state index is 5.83. The average Bonchev–Trinajstić information content (AvgIpc) is 2.71. The van der Waals surface area contributed by atoms with E-state index in [0.29, 0.717) is 0 Å². The molecule has 0 fully saturated rings. The van der Waals surface area contributed by atoms with Crippen LogP contribution in [0, 0.1) is 0 Å². The molecule has 3 nitrogen and oxygen atoms in total. The second-order valence-corrected chi connectivity index (χ2v) is 5.38. The molecular formula is C14H21N3. The van der Waals surface area contributed by atoms with Gasteiger partial charge < -0.3 is 10.7 Å². The number of hydrogen-bond donors (Lipinski definition) is 2. The Morgan fingerprint density at radius 3 is 2.71 bits per heavy atom. The van der Waals surface area contributed by atoms with E-state index in [-0.39, 0.29) is 11.5 Å². The molecule has 3 heteroatoms. The molecular weight excluding hydrogens is 210 g/mol. The van der Waals surface area contributed by atoms with Crippen LogP contribution in [0.25, 0.3) is 11.0 Å². The number of hydrogen-bond acceptors (Lipinski definition) is 2. The van der Waals surface area contributed by atoms with Crippen LogP contribution in [0.3, 0.4) is 0 Å². The first kappa shape index (κ1) is 12.1. The van der Waals surface area contributed by atoms with Crippen molar-refractivity contribution < 1.29 is 0 Å². The largest absolute Gasteiger partial charge is 0.341 e. The molecule has 1 heterocycles. The number of fused-ring (bicyclic) bond motifs is 1. The van der Waals surface area contributed by atoms with Crippen LogP contribution in [0.4, 0.5) is 0 Å². The van der Waals surface area contributed by atoms with Crippen LogP contribution >= 0.6 is 0 Å². The fraction of sp³-hybridized carbons (Fsp3) is 0.500. The predicted octanol–water partition coefficient (Wildman–Crippen LogP) is 3.27. The van der Waals surface area contributed by atoms with E-state index in [9.17, 15) is 0 Å². The molecule has 2 rings (SSSR count). The SMILES string of the molecule is CCC(C)(C)c1ccc2[nH]c([C@H](C)N)nc2c1. The van der Waals surface area contributed by atoms with Crippen molar-refractivity contribution in [3.63, 3.8) is 0 Å². The number of H-pyrrole nitrogens is 1. The standard InChI is InChI=1S/C14H21N3/c1-5-14(3,4)10-6-7-11-12(8-10)17-13(16-11)9(2)15/h6-9H,5,15H2,1-4H3,(H,16,17)/t9-/m0/s1. The molecule has 0 bridgehead atoms. The van der Waals surface area contributed by atoms with Gasteiger partial charge >= 0.3 is 0 Å². The van der Waals surface area contributed by atoms with Gasteiger partial charge in [0.2, 0.25) is 0 Å². The Hall–Kier alpha value is -1.35. The summed E-state index contributed by atoms with van der Waals surface area (Å²) in [5, 5.41) is 0. The molecule has 0 aliphatic rings. The van der Waals surface area contributed by atoms with E-state index in [1.807, 2.05) is 6.92 Å². The van der Waals surface area contributed by atoms with Crippen molar-refractivity contribution in [2.24, 2.45) is 5.73 Å². The molecule has 17 heavy (non-hydrogen) atoms. The Labute approximate surface area is 102 Å². The molecule has 0 saturated carbocycles. The number of nitrogens with one attached hydrogen (secondary N) is 1. The highest BCUT2D eigenvalue weighted by Gasteiger charge is 2.19. The third kappa shape index (κ3) is 2.20. The first-order valence-corrected chi connectivity index (χ1v) is 6.20. The Morgan fingerprint density at radius 2 is 2.12 bits per heavy atom. The predicted molar refractivity (Wildman–Crippen MR) is 72.0 cm³/mol. The monoisotopic (exact) mass is 231 g/mol. The van der Waals surface area contributed by atoms with E-state index in [1.54, 1.807) is 0 Å². The number of aromatic amines is 1. The van der Waals surface area contributed by atoms with Crippen LogP contribution in [0.1, 0.15) is 51.5 Å². The van der Waals surface area contributed by atoms with Crippen molar-refractivity contribution >= 4 is 11.0 Å². The van der Waals surface area contributed by atoms with Gasteiger partial charge in [-0.15, -0.1) is 0 Å². The second kappa shape index (κ2) is 4.15. The van der Waals surface area contributed by atoms with Crippen LogP contribution in [0.5, 0.6) is 0 Å². The minimum absolute atomic E-state index is 0.0509. The zero-order valence-corrected chi connectivity index (χ0v) is 11.0. The molecule has 1 aromatic carbocycles. The number of imidazole rings is 1. The van der Waals surface area contributed by atoms with Crippen molar-refractivity contribution in [1.29, 1.82) is 0 Å². The smallest absolute Gasteiger partial charge is 0.123 e. The Kier molecular flexibility index (Phi) is 2.96. The summed E-state index contributed by atoms with van der Waals surface area (Å²) in [5.41, 5.74) is 9.43. The Bertz CT molecular complexity index is 523. The van der Waals surface area contributed by atoms with E-state index in [4.69, 9.17) is 5.73 Å². The Morgan fingerprint density at radius 1 is 1.41 bits per heavy atom. The van der Waals surface area contributed by atoms with Crippen LogP contribution in [-0.4, -0.2) is 9.97 Å². The van der Waals surface area contributed by atoms with Crippen LogP contribution in [-0.2, 0) is 5.41 Å². The molecule has 0 radical (unpaired) electrons. The maximum Gasteiger partial charge on any atom is 0.123 e. The van der Waals surface area contributed by atoms with Gasteiger partial charge in [-0.3, -0.25) is 0 Å². The topological polar surface area (TPSA) is 54.7 Å². The fourth-order valence-electron chi connectivity index (χ4n) is 1.87. The van der Waals surface area contributed by atoms with Gasteiger partial charge in [0.1, 0.15) is 5.82 Å². The zero-order chi connectivity index (χ0) is 12.6. The van der Waals surface area contributed by atoms with Crippen molar-refractivity contribution in [3.05, 3.63) is 29.6 Å². The van der Waals surface area contributed by atoms with E-state index in [1.165, 1.54) is 5.56 Å². The van der Waals surface area contributed by atoms with Crippen LogP contribution in [0.15, 0.2) is 18.2 Å². The quantitative estimate of drug-likeness (QED) is 0.851. The maximum absolute atomic E-state index is 5.83. The van der Waals surface area contributed by atoms with Gasteiger partial charge in [-0.2, -0.15) is 0 Å². The summed E-state index contributed by atoms with van der Waals surface area (Å²) >= 11 is 0. The molecule has 3 N–H and O–H groups in total. The third-order valence-corrected chi connectivity index (χ3v) is 3.60. The summed E-state index contributed by atoms with van der Waals surface area (Å²) in [6, 6.07) is 6.39. The zero-order valence-electron chi connectivity index (χ0n) is 11.0. The van der Waals surface area contributed by atoms with Gasteiger partial charge in [0, 0.05) is 0 Å². The fourth-order valence-corrected chi connectivity index (χ4v) is 1.87. The van der Waals surface area contributed by atoms with E-state index < -0.39 is 0 Å². The lowest BCUT2D eigenvalue weighted by Crippen LogP contribution is -2.15. The lowest BCUT2D eigenvalue weighted by atomic mass is 9.82. The minimum atomic E-state index is -0.0509. The summed E-state index contributed by atoms with van der Waals surface area (Å²) < 4.78 is 0. The number of aromatic nitrogens is 2. The molecule has 0 saturated heterocycles. The van der Waals surface area contributed by atoms with Crippen LogP contribution < -0.4 is 5.73 Å². The van der Waals surface area contributed by atoms with Gasteiger partial charge in [0.05, 0.1) is 17.1 Å². The molecule has 0 aliphatic carbocycles. The van der Waals surface area contributed by atoms with Crippen LogP contribution in [0.2, 0.25) is 0 Å². The first-order valence-electron chi connectivity index (χ1n) is 6.20. The summed E-state index contributed by atoms with van der Waals surface area (Å²) in [7, 11) is 0. The average molecular weight is 231 g/mol. The second-order valence-electron chi connectivity index (χ2n) is 5.38. The highest BCUT2D eigenvalue weighted by atomic mass is 15.0. The molecule has 0 aliphatic heterocycles. The Balaban J connectivity index is 2.50. The van der Waals surface area contributed by atoms with Crippen molar-refractivity contribution in [2.75, 3.05) is 0 Å². The van der Waals surface area contributed by atoms with Gasteiger partial charge in [-0.1, -0.05) is 26.8 Å². The highest BCUT2D eigenvalue weighted by molar-refractivity contribution is 5.76. The molecule has 0 amide bonds. The molecule has 0 unspecified atom stereocenters. The van der Waals surface area contributed by atoms with Crippen molar-refractivity contribution in [1.82, 2.24) is 9.97 Å². The summed E-state index contributed by atoms with van der Waals surface area (Å²) in [6.45, 7) is 8.66. The number of nitrogens with zero attached hydrogens (tertiary/aromatic N) is 1.